The van der Waals surface area contributed by atoms with Crippen LogP contribution >= 0.6 is 0 Å². The Hall–Kier alpha value is -10.8. The number of nitriles is 1. The molecule has 78 heavy (non-hydrogen) atoms. The van der Waals surface area contributed by atoms with Gasteiger partial charge in [-0.05, 0) is 54.6 Å². The van der Waals surface area contributed by atoms with E-state index >= 15 is 0 Å². The molecule has 0 aliphatic heterocycles. The molecule has 0 saturated heterocycles. The van der Waals surface area contributed by atoms with E-state index in [1.165, 1.54) is 0 Å². The van der Waals surface area contributed by atoms with E-state index in [1.807, 2.05) is 36.4 Å². The van der Waals surface area contributed by atoms with E-state index in [-0.39, 0.29) is 0 Å². The second-order valence-corrected chi connectivity index (χ2v) is 19.9. The van der Waals surface area contributed by atoms with Crippen molar-refractivity contribution in [3.05, 3.63) is 266 Å². The van der Waals surface area contributed by atoms with Crippen molar-refractivity contribution >= 4 is 87.2 Å². The molecule has 0 N–H and O–H groups in total. The maximum atomic E-state index is 12.9. The molecular weight excluding hydrogens is 951 g/mol. The van der Waals surface area contributed by atoms with E-state index in [0.29, 0.717) is 22.6 Å². The molecule has 0 aliphatic carbocycles. The lowest BCUT2D eigenvalue weighted by Crippen LogP contribution is -2.17. The first-order valence-corrected chi connectivity index (χ1v) is 26.3. The highest BCUT2D eigenvalue weighted by Gasteiger charge is 2.36. The van der Waals surface area contributed by atoms with Crippen LogP contribution in [0.4, 0.5) is 0 Å². The minimum Gasteiger partial charge on any atom is -0.306 e. The Kier molecular flexibility index (Phi) is 9.56. The first kappa shape index (κ1) is 43.6. The average molecular weight is 994 g/mol. The van der Waals surface area contributed by atoms with Crippen molar-refractivity contribution in [1.29, 1.82) is 5.26 Å². The van der Waals surface area contributed by atoms with Crippen molar-refractivity contribution in [3.8, 4) is 62.7 Å². The summed E-state index contributed by atoms with van der Waals surface area (Å²) < 4.78 is 9.69. The van der Waals surface area contributed by atoms with Gasteiger partial charge in [-0.25, -0.2) is 9.97 Å². The molecule has 0 amide bonds. The number of rotatable bonds is 7. The maximum absolute atomic E-state index is 12.9. The average Bonchev–Trinajstić information content (AvgIpc) is 4.42. The van der Waals surface area contributed by atoms with E-state index in [4.69, 9.17) is 9.97 Å². The predicted octanol–water partition coefficient (Wildman–Crippen LogP) is 17.7. The highest BCUT2D eigenvalue weighted by Crippen LogP contribution is 2.52. The first-order valence-electron chi connectivity index (χ1n) is 26.3. The van der Waals surface area contributed by atoms with E-state index in [1.54, 1.807) is 0 Å². The van der Waals surface area contributed by atoms with Crippen LogP contribution in [0.2, 0.25) is 0 Å². The molecule has 0 unspecified atom stereocenters. The van der Waals surface area contributed by atoms with Crippen LogP contribution in [-0.2, 0) is 0 Å². The summed E-state index contributed by atoms with van der Waals surface area (Å²) in [6, 6.07) is 95.0. The lowest BCUT2D eigenvalue weighted by Gasteiger charge is -2.29. The number of nitrogens with zero attached hydrogens (tertiary/aromatic N) is 7. The number of para-hydroxylation sites is 8. The third-order valence-corrected chi connectivity index (χ3v) is 15.8. The smallest absolute Gasteiger partial charge is 0.160 e. The van der Waals surface area contributed by atoms with Crippen molar-refractivity contribution in [2.24, 2.45) is 0 Å². The Morgan fingerprint density at radius 2 is 0.538 bits per heavy atom. The molecule has 11 aromatic carbocycles. The Morgan fingerprint density at radius 3 is 0.885 bits per heavy atom. The normalized spacial score (nSPS) is 11.8. The molecule has 7 nitrogen and oxygen atoms in total. The van der Waals surface area contributed by atoms with Crippen molar-refractivity contribution in [3.63, 3.8) is 0 Å². The second kappa shape index (κ2) is 17.1. The Bertz CT molecular complexity index is 4890. The van der Waals surface area contributed by atoms with Crippen molar-refractivity contribution in [2.75, 3.05) is 0 Å². The van der Waals surface area contributed by atoms with Gasteiger partial charge in [0.2, 0.25) is 0 Å². The molecule has 0 fully saturated rings. The van der Waals surface area contributed by atoms with Gasteiger partial charge in [-0.3, -0.25) is 0 Å². The number of benzene rings is 11. The quantitative estimate of drug-likeness (QED) is 0.160. The van der Waals surface area contributed by atoms with Crippen LogP contribution in [0, 0.1) is 11.3 Å². The zero-order valence-corrected chi connectivity index (χ0v) is 42.0. The van der Waals surface area contributed by atoms with Gasteiger partial charge in [-0.1, -0.05) is 206 Å². The summed E-state index contributed by atoms with van der Waals surface area (Å²) in [6.45, 7) is 0. The lowest BCUT2D eigenvalue weighted by atomic mass is 9.94. The third kappa shape index (κ3) is 6.26. The van der Waals surface area contributed by atoms with E-state index in [2.05, 4.69) is 249 Å². The molecule has 0 spiro atoms. The summed E-state index contributed by atoms with van der Waals surface area (Å²) in [7, 11) is 0. The van der Waals surface area contributed by atoms with Gasteiger partial charge in [0.05, 0.1) is 83.8 Å². The van der Waals surface area contributed by atoms with Crippen LogP contribution in [-0.4, -0.2) is 28.2 Å². The fourth-order valence-corrected chi connectivity index (χ4v) is 12.6. The molecule has 362 valence electrons. The topological polar surface area (TPSA) is 69.3 Å². The molecule has 16 rings (SSSR count). The van der Waals surface area contributed by atoms with Crippen molar-refractivity contribution < 1.29 is 0 Å². The van der Waals surface area contributed by atoms with Gasteiger partial charge >= 0.3 is 0 Å². The Labute approximate surface area is 447 Å². The molecule has 0 bridgehead atoms. The first-order chi connectivity index (χ1) is 38.7. The third-order valence-electron chi connectivity index (χ3n) is 15.8. The molecule has 0 radical (unpaired) electrons. The summed E-state index contributed by atoms with van der Waals surface area (Å²) >= 11 is 0. The van der Waals surface area contributed by atoms with Crippen LogP contribution in [0.15, 0.2) is 261 Å². The molecule has 16 aromatic rings. The number of hydrogen-bond acceptors (Lipinski definition) is 3. The number of aromatic nitrogens is 6. The monoisotopic (exact) mass is 993 g/mol. The van der Waals surface area contributed by atoms with Crippen LogP contribution in [0.5, 0.6) is 0 Å². The highest BCUT2D eigenvalue weighted by atomic mass is 15.1. The predicted molar refractivity (Wildman–Crippen MR) is 320 cm³/mol. The summed E-state index contributed by atoms with van der Waals surface area (Å²) in [5.41, 5.74) is 15.5. The van der Waals surface area contributed by atoms with Crippen molar-refractivity contribution in [1.82, 2.24) is 28.2 Å². The zero-order valence-electron chi connectivity index (χ0n) is 42.0. The molecule has 0 saturated carbocycles. The second-order valence-electron chi connectivity index (χ2n) is 19.9. The van der Waals surface area contributed by atoms with Gasteiger partial charge in [-0.15, -0.1) is 0 Å². The van der Waals surface area contributed by atoms with Crippen LogP contribution in [0.3, 0.4) is 0 Å². The molecule has 5 heterocycles. The van der Waals surface area contributed by atoms with Gasteiger partial charge in [0.1, 0.15) is 6.07 Å². The van der Waals surface area contributed by atoms with Gasteiger partial charge < -0.3 is 18.3 Å². The fraction of sp³-hybridized carbons (Fsp3) is 0. The molecule has 0 atom stereocenters. The van der Waals surface area contributed by atoms with Gasteiger partial charge in [0, 0.05) is 59.8 Å². The summed E-state index contributed by atoms with van der Waals surface area (Å²) in [6.07, 6.45) is 0. The van der Waals surface area contributed by atoms with Crippen LogP contribution in [0.25, 0.3) is 144 Å². The van der Waals surface area contributed by atoms with Crippen LogP contribution in [0.1, 0.15) is 5.56 Å². The zero-order chi connectivity index (χ0) is 51.4. The summed E-state index contributed by atoms with van der Waals surface area (Å²) in [5.74, 6) is 0.548. The minimum atomic E-state index is 0.455. The number of hydrogen-bond donors (Lipinski definition) is 0. The van der Waals surface area contributed by atoms with Crippen molar-refractivity contribution in [2.45, 2.75) is 0 Å². The largest absolute Gasteiger partial charge is 0.306 e. The van der Waals surface area contributed by atoms with Gasteiger partial charge in [0.15, 0.2) is 5.82 Å². The fourth-order valence-electron chi connectivity index (χ4n) is 12.6. The van der Waals surface area contributed by atoms with Crippen LogP contribution < -0.4 is 0 Å². The molecule has 7 heteroatoms. The summed E-state index contributed by atoms with van der Waals surface area (Å²) in [4.78, 5) is 11.1. The van der Waals surface area contributed by atoms with E-state index in [0.717, 1.165) is 127 Å². The SMILES string of the molecule is N#Cc1c(-c2cc(-c3ccccc3)nc(-c3ccccc3)n2)c(-n2c3ccccc3c3ccccc32)c(-n2c3ccccc3c3ccccc32)c(-n2c3ccccc3c3ccccc32)c1-n1c2ccccc2c2ccccc21. The molecule has 0 aliphatic rings. The molecular formula is C71H43N7. The van der Waals surface area contributed by atoms with Gasteiger partial charge in [-0.2, -0.15) is 5.26 Å². The highest BCUT2D eigenvalue weighted by molar-refractivity contribution is 6.17. The molecule has 5 aromatic heterocycles. The van der Waals surface area contributed by atoms with E-state index in [9.17, 15) is 5.26 Å². The Morgan fingerprint density at radius 1 is 0.269 bits per heavy atom. The standard InChI is InChI=1S/C71H43N7/c72-44-55-66(57-43-56(45-23-3-1-4-24-45)73-71(74-57)46-25-5-2-6-26-46)68(76-60-37-17-9-29-49(60)50-30-10-18-38-61(50)76)70(78-64-41-21-13-33-53(64)54-34-14-22-42-65(54)78)69(77-62-39-19-11-31-51(62)52-32-12-20-40-63(52)77)67(55)75-58-35-15-7-27-47(58)48-28-8-16-36-59(48)75/h1-43H. The number of fused-ring (bicyclic) bond motifs is 12. The maximum Gasteiger partial charge on any atom is 0.160 e. The van der Waals surface area contributed by atoms with Gasteiger partial charge in [0.25, 0.3) is 0 Å². The lowest BCUT2D eigenvalue weighted by molar-refractivity contribution is 1.02. The minimum absolute atomic E-state index is 0.455. The Balaban J connectivity index is 1.27. The van der Waals surface area contributed by atoms with E-state index < -0.39 is 0 Å². The summed E-state index contributed by atoms with van der Waals surface area (Å²) in [5, 5.41) is 21.7.